The van der Waals surface area contributed by atoms with Gasteiger partial charge in [0.2, 0.25) is 11.7 Å². The average Bonchev–Trinajstić information content (AvgIpc) is 3.15. The molecule has 2 aromatic carbocycles. The number of aromatic nitrogens is 2. The summed E-state index contributed by atoms with van der Waals surface area (Å²) in [4.78, 5) is 19.7. The topological polar surface area (TPSA) is 59.2 Å². The highest BCUT2D eigenvalue weighted by Crippen LogP contribution is 2.24. The van der Waals surface area contributed by atoms with Crippen molar-refractivity contribution in [3.05, 3.63) is 78.7 Å². The molecule has 0 unspecified atom stereocenters. The van der Waals surface area contributed by atoms with Crippen molar-refractivity contribution in [3.8, 4) is 11.4 Å². The predicted octanol–water partition coefficient (Wildman–Crippen LogP) is 4.29. The molecule has 0 atom stereocenters. The van der Waals surface area contributed by atoms with Gasteiger partial charge in [-0.2, -0.15) is 4.98 Å². The summed E-state index contributed by atoms with van der Waals surface area (Å²) in [5, 5.41) is 3.99. The minimum atomic E-state index is -0.0865. The number of hydrogen-bond acceptors (Lipinski definition) is 5. The number of carbonyl (C=O) groups excluding carboxylic acids is 1. The first-order valence-electron chi connectivity index (χ1n) is 8.15. The van der Waals surface area contributed by atoms with Crippen LogP contribution in [-0.4, -0.2) is 33.7 Å². The normalized spacial score (nSPS) is 10.5. The highest BCUT2D eigenvalue weighted by molar-refractivity contribution is 7.99. The summed E-state index contributed by atoms with van der Waals surface area (Å²) in [6, 6.07) is 17.1. The van der Waals surface area contributed by atoms with E-state index in [4.69, 9.17) is 4.52 Å². The van der Waals surface area contributed by atoms with Crippen LogP contribution >= 0.6 is 11.8 Å². The molecule has 0 radical (unpaired) electrons. The number of nitrogens with zero attached hydrogens (tertiary/aromatic N) is 3. The monoisotopic (exact) mass is 365 g/mol. The maximum Gasteiger partial charge on any atom is 0.255 e. The third-order valence-electron chi connectivity index (χ3n) is 3.69. The minimum Gasteiger partial charge on any atom is -0.337 e. The molecule has 3 aromatic rings. The Morgan fingerprint density at radius 1 is 1.19 bits per heavy atom. The molecule has 0 saturated carbocycles. The van der Waals surface area contributed by atoms with E-state index in [1.54, 1.807) is 23.7 Å². The fourth-order valence-corrected chi connectivity index (χ4v) is 3.20. The molecule has 5 nitrogen and oxygen atoms in total. The number of rotatable bonds is 7. The lowest BCUT2D eigenvalue weighted by Crippen LogP contribution is -2.26. The second kappa shape index (κ2) is 8.49. The zero-order chi connectivity index (χ0) is 18.4. The third kappa shape index (κ3) is 4.21. The summed E-state index contributed by atoms with van der Waals surface area (Å²) in [6.07, 6.45) is 1.82. The Bertz CT molecular complexity index is 893. The van der Waals surface area contributed by atoms with Gasteiger partial charge in [0.05, 0.1) is 12.1 Å². The molecule has 0 bridgehead atoms. The molecule has 0 aliphatic carbocycles. The second-order valence-electron chi connectivity index (χ2n) is 5.63. The Morgan fingerprint density at radius 3 is 2.69 bits per heavy atom. The van der Waals surface area contributed by atoms with Gasteiger partial charge >= 0.3 is 0 Å². The molecule has 1 aromatic heterocycles. The maximum absolute atomic E-state index is 12.8. The molecule has 1 amide bonds. The molecule has 6 heteroatoms. The van der Waals surface area contributed by atoms with E-state index in [2.05, 4.69) is 16.7 Å². The summed E-state index contributed by atoms with van der Waals surface area (Å²) < 4.78 is 5.30. The second-order valence-corrected chi connectivity index (χ2v) is 6.70. The van der Waals surface area contributed by atoms with Gasteiger partial charge in [0.25, 0.3) is 5.91 Å². The fourth-order valence-electron chi connectivity index (χ4n) is 2.42. The lowest BCUT2D eigenvalue weighted by molar-refractivity contribution is 0.0766. The van der Waals surface area contributed by atoms with Gasteiger partial charge in [0.15, 0.2) is 0 Å². The van der Waals surface area contributed by atoms with E-state index in [1.807, 2.05) is 60.7 Å². The van der Waals surface area contributed by atoms with Gasteiger partial charge in [-0.15, -0.1) is 18.3 Å². The predicted molar refractivity (Wildman–Crippen MR) is 103 cm³/mol. The van der Waals surface area contributed by atoms with Gasteiger partial charge in [-0.3, -0.25) is 4.79 Å². The summed E-state index contributed by atoms with van der Waals surface area (Å²) in [6.45, 7) is 3.97. The number of hydrogen-bond donors (Lipinski definition) is 0. The van der Waals surface area contributed by atoms with Crippen molar-refractivity contribution in [2.24, 2.45) is 0 Å². The molecule has 0 aliphatic heterocycles. The van der Waals surface area contributed by atoms with E-state index in [-0.39, 0.29) is 12.5 Å². The molecule has 0 N–H and O–H groups in total. The highest BCUT2D eigenvalue weighted by Gasteiger charge is 2.18. The van der Waals surface area contributed by atoms with Crippen LogP contribution in [0.1, 0.15) is 16.2 Å². The molecule has 0 aliphatic rings. The quantitative estimate of drug-likeness (QED) is 0.462. The summed E-state index contributed by atoms with van der Waals surface area (Å²) in [5.41, 5.74) is 1.53. The molecular formula is C20H19N3O2S. The van der Waals surface area contributed by atoms with Crippen LogP contribution in [0.3, 0.4) is 0 Å². The number of carbonyl (C=O) groups is 1. The number of benzene rings is 2. The zero-order valence-electron chi connectivity index (χ0n) is 14.5. The van der Waals surface area contributed by atoms with E-state index >= 15 is 0 Å². The van der Waals surface area contributed by atoms with Crippen molar-refractivity contribution in [2.45, 2.75) is 11.4 Å². The fraction of sp³-hybridized carbons (Fsp3) is 0.150. The Kier molecular flexibility index (Phi) is 5.86. The summed E-state index contributed by atoms with van der Waals surface area (Å²) in [5.74, 6) is 1.58. The van der Waals surface area contributed by atoms with E-state index in [9.17, 15) is 4.79 Å². The van der Waals surface area contributed by atoms with Crippen LogP contribution in [0, 0.1) is 0 Å². The first kappa shape index (κ1) is 17.9. The Balaban J connectivity index is 1.72. The van der Waals surface area contributed by atoms with Crippen LogP contribution in [0.15, 0.2) is 76.7 Å². The van der Waals surface area contributed by atoms with E-state index in [0.717, 1.165) is 16.2 Å². The van der Waals surface area contributed by atoms with Crippen molar-refractivity contribution in [2.75, 3.05) is 12.8 Å². The molecular weight excluding hydrogens is 346 g/mol. The Morgan fingerprint density at radius 2 is 1.92 bits per heavy atom. The number of thioether (sulfide) groups is 1. The van der Waals surface area contributed by atoms with Crippen LogP contribution in [0.4, 0.5) is 0 Å². The Labute approximate surface area is 156 Å². The standard InChI is InChI=1S/C20H19N3O2S/c1-3-13-26-17-12-8-7-11-16(17)20(24)23(2)14-18-21-19(22-25-18)15-9-5-4-6-10-15/h3-12H,1,13-14H2,2H3. The van der Waals surface area contributed by atoms with Crippen LogP contribution in [0.2, 0.25) is 0 Å². The molecule has 1 heterocycles. The molecule has 132 valence electrons. The molecule has 0 fully saturated rings. The first-order valence-corrected chi connectivity index (χ1v) is 9.14. The van der Waals surface area contributed by atoms with Crippen LogP contribution in [-0.2, 0) is 6.54 Å². The van der Waals surface area contributed by atoms with Crippen LogP contribution < -0.4 is 0 Å². The highest BCUT2D eigenvalue weighted by atomic mass is 32.2. The lowest BCUT2D eigenvalue weighted by atomic mass is 10.2. The molecule has 26 heavy (non-hydrogen) atoms. The van der Waals surface area contributed by atoms with Gasteiger partial charge in [0, 0.05) is 23.3 Å². The van der Waals surface area contributed by atoms with Gasteiger partial charge in [-0.25, -0.2) is 0 Å². The van der Waals surface area contributed by atoms with Gasteiger partial charge in [-0.1, -0.05) is 53.7 Å². The molecule has 0 saturated heterocycles. The molecule has 3 rings (SSSR count). The van der Waals surface area contributed by atoms with Gasteiger partial charge in [-0.05, 0) is 12.1 Å². The minimum absolute atomic E-state index is 0.0865. The van der Waals surface area contributed by atoms with Crippen molar-refractivity contribution >= 4 is 17.7 Å². The molecule has 0 spiro atoms. The van der Waals surface area contributed by atoms with Crippen molar-refractivity contribution < 1.29 is 9.32 Å². The van der Waals surface area contributed by atoms with Crippen molar-refractivity contribution in [3.63, 3.8) is 0 Å². The summed E-state index contributed by atoms with van der Waals surface area (Å²) >= 11 is 1.58. The largest absolute Gasteiger partial charge is 0.337 e. The van der Waals surface area contributed by atoms with E-state index < -0.39 is 0 Å². The maximum atomic E-state index is 12.8. The smallest absolute Gasteiger partial charge is 0.255 e. The van der Waals surface area contributed by atoms with Gasteiger partial charge in [0.1, 0.15) is 0 Å². The van der Waals surface area contributed by atoms with Gasteiger partial charge < -0.3 is 9.42 Å². The Hall–Kier alpha value is -2.86. The van der Waals surface area contributed by atoms with Crippen LogP contribution in [0.25, 0.3) is 11.4 Å². The van der Waals surface area contributed by atoms with Crippen molar-refractivity contribution in [1.29, 1.82) is 0 Å². The third-order valence-corrected chi connectivity index (χ3v) is 4.76. The van der Waals surface area contributed by atoms with Crippen molar-refractivity contribution in [1.82, 2.24) is 15.0 Å². The SMILES string of the molecule is C=CCSc1ccccc1C(=O)N(C)Cc1nc(-c2ccccc2)no1. The average molecular weight is 365 g/mol. The number of amides is 1. The van der Waals surface area contributed by atoms with E-state index in [0.29, 0.717) is 17.3 Å². The lowest BCUT2D eigenvalue weighted by Gasteiger charge is -2.16. The summed E-state index contributed by atoms with van der Waals surface area (Å²) in [7, 11) is 1.73. The zero-order valence-corrected chi connectivity index (χ0v) is 15.3. The van der Waals surface area contributed by atoms with E-state index in [1.165, 1.54) is 0 Å². The first-order chi connectivity index (χ1) is 12.7. The van der Waals surface area contributed by atoms with Crippen LogP contribution in [0.5, 0.6) is 0 Å².